The van der Waals surface area contributed by atoms with Crippen LogP contribution in [-0.2, 0) is 6.54 Å². The Hall–Kier alpha value is -0.860. The predicted octanol–water partition coefficient (Wildman–Crippen LogP) is 0.614. The van der Waals surface area contributed by atoms with E-state index in [0.717, 1.165) is 11.1 Å². The first kappa shape index (κ1) is 7.25. The molecule has 2 nitrogen and oxygen atoms in total. The Morgan fingerprint density at radius 2 is 2.00 bits per heavy atom. The molecule has 0 aromatic heterocycles. The zero-order valence-electron chi connectivity index (χ0n) is 5.75. The quantitative estimate of drug-likeness (QED) is 0.624. The van der Waals surface area contributed by atoms with Crippen LogP contribution in [-0.4, -0.2) is 0 Å². The Balaban J connectivity index is 2.96. The summed E-state index contributed by atoms with van der Waals surface area (Å²) in [6, 6.07) is 7.81. The molecule has 0 fully saturated rings. The smallest absolute Gasteiger partial charge is 0.0494 e. The molecule has 0 aliphatic carbocycles. The molecule has 0 spiro atoms. The molecule has 0 saturated heterocycles. The molecule has 0 aliphatic rings. The van der Waals surface area contributed by atoms with Crippen LogP contribution in [0, 0.1) is 6.54 Å². The first-order valence-electron chi connectivity index (χ1n) is 3.21. The first-order chi connectivity index (χ1) is 4.88. The van der Waals surface area contributed by atoms with Crippen LogP contribution in [0.3, 0.4) is 0 Å². The van der Waals surface area contributed by atoms with Crippen LogP contribution in [0.1, 0.15) is 11.1 Å². The summed E-state index contributed by atoms with van der Waals surface area (Å²) in [5.74, 6) is 0. The lowest BCUT2D eigenvalue weighted by atomic mass is 10.1. The second-order valence-corrected chi connectivity index (χ2v) is 2.07. The number of nitrogens with two attached hydrogens (primary N) is 2. The largest absolute Gasteiger partial charge is 0.326 e. The van der Waals surface area contributed by atoms with Crippen LogP contribution in [0.4, 0.5) is 0 Å². The van der Waals surface area contributed by atoms with Crippen LogP contribution in [0.2, 0.25) is 0 Å². The summed E-state index contributed by atoms with van der Waals surface area (Å²) in [5, 5.41) is 0. The standard InChI is InChI=1S/C8H11N2/c9-5-7-3-1-2-4-8(7)6-10/h1-5H,6,9-10H2. The molecule has 1 radical (unpaired) electrons. The van der Waals surface area contributed by atoms with Crippen molar-refractivity contribution >= 4 is 0 Å². The van der Waals surface area contributed by atoms with Gasteiger partial charge in [0.05, 0.1) is 0 Å². The summed E-state index contributed by atoms with van der Waals surface area (Å²) in [7, 11) is 0. The van der Waals surface area contributed by atoms with Gasteiger partial charge in [-0.25, -0.2) is 0 Å². The van der Waals surface area contributed by atoms with Crippen molar-refractivity contribution in [3.05, 3.63) is 41.9 Å². The zero-order valence-corrected chi connectivity index (χ0v) is 5.75. The number of benzene rings is 1. The maximum Gasteiger partial charge on any atom is 0.0494 e. The van der Waals surface area contributed by atoms with Crippen molar-refractivity contribution in [2.45, 2.75) is 6.54 Å². The van der Waals surface area contributed by atoms with Gasteiger partial charge in [0.1, 0.15) is 0 Å². The summed E-state index contributed by atoms with van der Waals surface area (Å²) >= 11 is 0. The summed E-state index contributed by atoms with van der Waals surface area (Å²) in [4.78, 5) is 0. The van der Waals surface area contributed by atoms with E-state index in [2.05, 4.69) is 0 Å². The fourth-order valence-corrected chi connectivity index (χ4v) is 0.883. The van der Waals surface area contributed by atoms with Crippen molar-refractivity contribution in [2.75, 3.05) is 0 Å². The summed E-state index contributed by atoms with van der Waals surface area (Å²) in [6.45, 7) is 2.12. The third kappa shape index (κ3) is 1.35. The van der Waals surface area contributed by atoms with E-state index < -0.39 is 0 Å². The molecule has 0 heterocycles. The van der Waals surface area contributed by atoms with Crippen molar-refractivity contribution in [1.82, 2.24) is 0 Å². The molecule has 1 rings (SSSR count). The molecule has 0 saturated carbocycles. The average Bonchev–Trinajstić information content (AvgIpc) is 2.04. The maximum absolute atomic E-state index is 5.45. The highest BCUT2D eigenvalue weighted by Gasteiger charge is 1.94. The van der Waals surface area contributed by atoms with Crippen LogP contribution in [0.15, 0.2) is 24.3 Å². The molecule has 0 atom stereocenters. The van der Waals surface area contributed by atoms with Crippen LogP contribution in [0.25, 0.3) is 0 Å². The van der Waals surface area contributed by atoms with E-state index in [1.165, 1.54) is 0 Å². The Kier molecular flexibility index (Phi) is 2.42. The van der Waals surface area contributed by atoms with Crippen LogP contribution < -0.4 is 11.5 Å². The highest BCUT2D eigenvalue weighted by molar-refractivity contribution is 5.31. The lowest BCUT2D eigenvalue weighted by Crippen LogP contribution is -2.03. The third-order valence-corrected chi connectivity index (χ3v) is 1.45. The zero-order chi connectivity index (χ0) is 7.40. The van der Waals surface area contributed by atoms with Gasteiger partial charge < -0.3 is 11.5 Å². The minimum absolute atomic E-state index is 0.546. The van der Waals surface area contributed by atoms with Gasteiger partial charge in [-0.2, -0.15) is 0 Å². The summed E-state index contributed by atoms with van der Waals surface area (Å²) in [6.07, 6.45) is 0. The number of hydrogen-bond donors (Lipinski definition) is 2. The molecule has 10 heavy (non-hydrogen) atoms. The van der Waals surface area contributed by atoms with Crippen molar-refractivity contribution in [1.29, 1.82) is 0 Å². The van der Waals surface area contributed by atoms with E-state index in [9.17, 15) is 0 Å². The fourth-order valence-electron chi connectivity index (χ4n) is 0.883. The normalized spacial score (nSPS) is 9.80. The Bertz CT molecular complexity index is 185. The van der Waals surface area contributed by atoms with Gasteiger partial charge in [-0.3, -0.25) is 0 Å². The Labute approximate surface area is 60.8 Å². The average molecular weight is 135 g/mol. The van der Waals surface area contributed by atoms with Gasteiger partial charge in [0.2, 0.25) is 0 Å². The molecule has 0 unspecified atom stereocenters. The number of hydrogen-bond acceptors (Lipinski definition) is 2. The van der Waals surface area contributed by atoms with Crippen LogP contribution >= 0.6 is 0 Å². The van der Waals surface area contributed by atoms with Gasteiger partial charge in [0.25, 0.3) is 0 Å². The molecular weight excluding hydrogens is 124 g/mol. The highest BCUT2D eigenvalue weighted by atomic mass is 14.6. The minimum atomic E-state index is 0.546. The molecule has 0 amide bonds. The molecule has 2 heteroatoms. The van der Waals surface area contributed by atoms with Gasteiger partial charge in [0, 0.05) is 13.1 Å². The van der Waals surface area contributed by atoms with Crippen molar-refractivity contribution < 1.29 is 0 Å². The van der Waals surface area contributed by atoms with Gasteiger partial charge >= 0.3 is 0 Å². The second kappa shape index (κ2) is 3.34. The van der Waals surface area contributed by atoms with E-state index >= 15 is 0 Å². The van der Waals surface area contributed by atoms with E-state index in [1.807, 2.05) is 24.3 Å². The topological polar surface area (TPSA) is 52.0 Å². The van der Waals surface area contributed by atoms with E-state index in [0.29, 0.717) is 6.54 Å². The lowest BCUT2D eigenvalue weighted by molar-refractivity contribution is 1.05. The molecular formula is C8H11N2. The van der Waals surface area contributed by atoms with Crippen molar-refractivity contribution in [2.24, 2.45) is 11.5 Å². The van der Waals surface area contributed by atoms with Gasteiger partial charge in [-0.15, -0.1) is 0 Å². The number of rotatable bonds is 2. The Morgan fingerprint density at radius 3 is 2.50 bits per heavy atom. The molecule has 1 aromatic carbocycles. The third-order valence-electron chi connectivity index (χ3n) is 1.45. The fraction of sp³-hybridized carbons (Fsp3) is 0.125. The summed E-state index contributed by atoms with van der Waals surface area (Å²) < 4.78 is 0. The van der Waals surface area contributed by atoms with Crippen molar-refractivity contribution in [3.63, 3.8) is 0 Å². The van der Waals surface area contributed by atoms with Crippen molar-refractivity contribution in [3.8, 4) is 0 Å². The van der Waals surface area contributed by atoms with E-state index in [-0.39, 0.29) is 0 Å². The van der Waals surface area contributed by atoms with Gasteiger partial charge in [-0.1, -0.05) is 24.3 Å². The molecule has 0 bridgehead atoms. The minimum Gasteiger partial charge on any atom is -0.326 e. The van der Waals surface area contributed by atoms with Crippen LogP contribution in [0.5, 0.6) is 0 Å². The lowest BCUT2D eigenvalue weighted by Gasteiger charge is -2.01. The maximum atomic E-state index is 5.45. The molecule has 4 N–H and O–H groups in total. The molecule has 0 aliphatic heterocycles. The monoisotopic (exact) mass is 135 g/mol. The molecule has 1 aromatic rings. The first-order valence-corrected chi connectivity index (χ1v) is 3.21. The van der Waals surface area contributed by atoms with Gasteiger partial charge in [-0.05, 0) is 11.1 Å². The summed E-state index contributed by atoms with van der Waals surface area (Å²) in [5.41, 5.74) is 12.9. The van der Waals surface area contributed by atoms with E-state index in [4.69, 9.17) is 11.5 Å². The SMILES string of the molecule is N[CH]c1ccccc1CN. The highest BCUT2D eigenvalue weighted by Crippen LogP contribution is 2.06. The predicted molar refractivity (Wildman–Crippen MR) is 41.9 cm³/mol. The Morgan fingerprint density at radius 1 is 1.30 bits per heavy atom. The van der Waals surface area contributed by atoms with Gasteiger partial charge in [0.15, 0.2) is 0 Å². The van der Waals surface area contributed by atoms with E-state index in [1.54, 1.807) is 6.54 Å². The second-order valence-electron chi connectivity index (χ2n) is 2.07. The molecule has 53 valence electrons.